The topological polar surface area (TPSA) is 75.6 Å². The molecule has 2 N–H and O–H groups in total. The van der Waals surface area contributed by atoms with Gasteiger partial charge in [-0.05, 0) is 35.9 Å². The fraction of sp³-hybridized carbons (Fsp3) is 0.263. The summed E-state index contributed by atoms with van der Waals surface area (Å²) in [7, 11) is 0. The third kappa shape index (κ3) is 6.48. The molecule has 0 atom stereocenters. The zero-order valence-corrected chi connectivity index (χ0v) is 15.1. The maximum absolute atomic E-state index is 13.1. The highest BCUT2D eigenvalue weighted by Gasteiger charge is 2.38. The molecular formula is C19H15F6NO4. The van der Waals surface area contributed by atoms with E-state index in [0.29, 0.717) is 17.8 Å². The van der Waals surface area contributed by atoms with Crippen LogP contribution < -0.4 is 5.32 Å². The highest BCUT2D eigenvalue weighted by molar-refractivity contribution is 5.89. The van der Waals surface area contributed by atoms with Crippen LogP contribution in [-0.4, -0.2) is 30.0 Å². The van der Waals surface area contributed by atoms with Gasteiger partial charge in [0.25, 0.3) is 0 Å². The molecule has 162 valence electrons. The van der Waals surface area contributed by atoms with E-state index >= 15 is 0 Å². The molecule has 5 nitrogen and oxygen atoms in total. The molecule has 0 saturated carbocycles. The number of ether oxygens (including phenoxy) is 1. The van der Waals surface area contributed by atoms with Gasteiger partial charge in [0.1, 0.15) is 6.61 Å². The van der Waals surface area contributed by atoms with Crippen molar-refractivity contribution in [2.45, 2.75) is 19.0 Å². The number of carboxylic acid groups (broad SMARTS) is 1. The van der Waals surface area contributed by atoms with Crippen LogP contribution in [0.3, 0.4) is 0 Å². The molecule has 0 amide bonds. The number of carbonyl (C=O) groups is 2. The molecule has 11 heteroatoms. The van der Waals surface area contributed by atoms with Gasteiger partial charge in [0.05, 0.1) is 29.8 Å². The maximum Gasteiger partial charge on any atom is 0.416 e. The molecule has 0 saturated heterocycles. The molecule has 0 spiro atoms. The standard InChI is InChI=1S/C19H15F6NO4/c20-18(21,22)13-5-4-12(16(7-13)19(23,24)25)9-30-10-15(27)8-26-14-3-1-2-11(6-14)17(28)29/h1-7,26H,8-10H2,(H,28,29). The quantitative estimate of drug-likeness (QED) is 0.592. The second-order valence-corrected chi connectivity index (χ2v) is 6.14. The molecule has 0 aromatic heterocycles. The Bertz CT molecular complexity index is 924. The molecule has 2 aromatic carbocycles. The minimum Gasteiger partial charge on any atom is -0.478 e. The number of rotatable bonds is 8. The Morgan fingerprint density at radius 3 is 2.27 bits per heavy atom. The summed E-state index contributed by atoms with van der Waals surface area (Å²) in [5, 5.41) is 11.5. The van der Waals surface area contributed by atoms with Crippen LogP contribution in [0.2, 0.25) is 0 Å². The van der Waals surface area contributed by atoms with Crippen molar-refractivity contribution in [1.29, 1.82) is 0 Å². The lowest BCUT2D eigenvalue weighted by Crippen LogP contribution is -2.20. The van der Waals surface area contributed by atoms with Crippen molar-refractivity contribution < 1.29 is 45.8 Å². The SMILES string of the molecule is O=C(CNc1cccc(C(=O)O)c1)COCc1ccc(C(F)(F)F)cc1C(F)(F)F. The summed E-state index contributed by atoms with van der Waals surface area (Å²) < 4.78 is 82.1. The molecule has 0 radical (unpaired) electrons. The van der Waals surface area contributed by atoms with Crippen LogP contribution >= 0.6 is 0 Å². The second-order valence-electron chi connectivity index (χ2n) is 6.14. The Kier molecular flexibility index (Phi) is 7.08. The van der Waals surface area contributed by atoms with Crippen molar-refractivity contribution >= 4 is 17.4 Å². The van der Waals surface area contributed by atoms with Crippen molar-refractivity contribution in [2.75, 3.05) is 18.5 Å². The number of benzene rings is 2. The minimum absolute atomic E-state index is 0.00247. The van der Waals surface area contributed by atoms with E-state index in [9.17, 15) is 35.9 Å². The lowest BCUT2D eigenvalue weighted by Gasteiger charge is -2.16. The fourth-order valence-electron chi connectivity index (χ4n) is 2.43. The summed E-state index contributed by atoms with van der Waals surface area (Å²) in [4.78, 5) is 22.7. The van der Waals surface area contributed by atoms with E-state index in [1.54, 1.807) is 0 Å². The third-order valence-electron chi connectivity index (χ3n) is 3.86. The van der Waals surface area contributed by atoms with Gasteiger partial charge in [0.2, 0.25) is 0 Å². The van der Waals surface area contributed by atoms with E-state index in [1.807, 2.05) is 0 Å². The molecule has 2 rings (SSSR count). The number of hydrogen-bond donors (Lipinski definition) is 2. The van der Waals surface area contributed by atoms with Gasteiger partial charge >= 0.3 is 18.3 Å². The molecule has 0 aliphatic heterocycles. The third-order valence-corrected chi connectivity index (χ3v) is 3.86. The summed E-state index contributed by atoms with van der Waals surface area (Å²) in [5.41, 5.74) is -3.14. The molecule has 0 aliphatic carbocycles. The Balaban J connectivity index is 1.95. The molecule has 0 unspecified atom stereocenters. The molecule has 0 aliphatic rings. The zero-order chi connectivity index (χ0) is 22.5. The Morgan fingerprint density at radius 1 is 0.967 bits per heavy atom. The van der Waals surface area contributed by atoms with Crippen LogP contribution in [0.5, 0.6) is 0 Å². The molecule has 2 aromatic rings. The molecule has 0 heterocycles. The van der Waals surface area contributed by atoms with E-state index in [2.05, 4.69) is 5.32 Å². The minimum atomic E-state index is -5.03. The monoisotopic (exact) mass is 435 g/mol. The average Bonchev–Trinajstić information content (AvgIpc) is 2.65. The lowest BCUT2D eigenvalue weighted by atomic mass is 10.0. The number of carbonyl (C=O) groups excluding carboxylic acids is 1. The highest BCUT2D eigenvalue weighted by Crippen LogP contribution is 2.37. The molecular weight excluding hydrogens is 420 g/mol. The summed E-state index contributed by atoms with van der Waals surface area (Å²) in [6.45, 7) is -1.60. The Hall–Kier alpha value is -3.08. The first-order valence-corrected chi connectivity index (χ1v) is 8.32. The van der Waals surface area contributed by atoms with Gasteiger partial charge in [-0.25, -0.2) is 4.79 Å². The van der Waals surface area contributed by atoms with Crippen molar-refractivity contribution in [3.63, 3.8) is 0 Å². The van der Waals surface area contributed by atoms with Crippen molar-refractivity contribution in [2.24, 2.45) is 0 Å². The predicted octanol–water partition coefficient (Wildman–Crippen LogP) is 4.62. The number of anilines is 1. The van der Waals surface area contributed by atoms with Gasteiger partial charge in [-0.3, -0.25) is 4.79 Å². The number of hydrogen-bond acceptors (Lipinski definition) is 4. The van der Waals surface area contributed by atoms with Crippen molar-refractivity contribution in [1.82, 2.24) is 0 Å². The van der Waals surface area contributed by atoms with Gasteiger partial charge < -0.3 is 15.2 Å². The fourth-order valence-corrected chi connectivity index (χ4v) is 2.43. The Morgan fingerprint density at radius 2 is 1.67 bits per heavy atom. The first-order valence-electron chi connectivity index (χ1n) is 8.32. The van der Waals surface area contributed by atoms with E-state index < -0.39 is 54.0 Å². The number of halogens is 6. The van der Waals surface area contributed by atoms with E-state index in [1.165, 1.54) is 24.3 Å². The first-order chi connectivity index (χ1) is 13.9. The number of carboxylic acids is 1. The van der Waals surface area contributed by atoms with Gasteiger partial charge in [-0.1, -0.05) is 12.1 Å². The Labute approximate surface area is 166 Å². The molecule has 0 bridgehead atoms. The van der Waals surface area contributed by atoms with Crippen LogP contribution in [0.1, 0.15) is 27.0 Å². The van der Waals surface area contributed by atoms with E-state index in [-0.39, 0.29) is 18.2 Å². The first kappa shape index (κ1) is 23.2. The summed E-state index contributed by atoms with van der Waals surface area (Å²) in [6.07, 6.45) is -9.96. The van der Waals surface area contributed by atoms with Crippen LogP contribution in [0.25, 0.3) is 0 Å². The van der Waals surface area contributed by atoms with E-state index in [0.717, 1.165) is 0 Å². The van der Waals surface area contributed by atoms with Gasteiger partial charge in [0.15, 0.2) is 5.78 Å². The van der Waals surface area contributed by atoms with Crippen molar-refractivity contribution in [3.05, 3.63) is 64.7 Å². The maximum atomic E-state index is 13.1. The summed E-state index contributed by atoms with van der Waals surface area (Å²) in [6, 6.07) is 6.76. The number of nitrogens with one attached hydrogen (secondary N) is 1. The lowest BCUT2D eigenvalue weighted by molar-refractivity contribution is -0.143. The number of Topliss-reactive ketones (excluding diaryl/α,β-unsaturated/α-hetero) is 1. The van der Waals surface area contributed by atoms with Crippen LogP contribution in [-0.2, 0) is 28.5 Å². The second kappa shape index (κ2) is 9.16. The zero-order valence-electron chi connectivity index (χ0n) is 15.1. The number of alkyl halides is 6. The molecule has 0 fully saturated rings. The van der Waals surface area contributed by atoms with Crippen LogP contribution in [0.15, 0.2) is 42.5 Å². The largest absolute Gasteiger partial charge is 0.478 e. The molecule has 30 heavy (non-hydrogen) atoms. The van der Waals surface area contributed by atoms with Gasteiger partial charge in [0, 0.05) is 5.69 Å². The van der Waals surface area contributed by atoms with Crippen molar-refractivity contribution in [3.8, 4) is 0 Å². The smallest absolute Gasteiger partial charge is 0.416 e. The van der Waals surface area contributed by atoms with Gasteiger partial charge in [-0.2, -0.15) is 26.3 Å². The number of ketones is 1. The highest BCUT2D eigenvalue weighted by atomic mass is 19.4. The van der Waals surface area contributed by atoms with E-state index in [4.69, 9.17) is 9.84 Å². The van der Waals surface area contributed by atoms with Gasteiger partial charge in [-0.15, -0.1) is 0 Å². The number of aromatic carboxylic acids is 1. The predicted molar refractivity (Wildman–Crippen MR) is 93.0 cm³/mol. The van der Waals surface area contributed by atoms with Crippen LogP contribution in [0, 0.1) is 0 Å². The summed E-state index contributed by atoms with van der Waals surface area (Å²) in [5.74, 6) is -1.72. The average molecular weight is 435 g/mol. The van der Waals surface area contributed by atoms with Crippen LogP contribution in [0.4, 0.5) is 32.0 Å². The summed E-state index contributed by atoms with van der Waals surface area (Å²) >= 11 is 0. The normalized spacial score (nSPS) is 11.9.